The molecule has 2 aromatic rings. The number of hydrogen-bond acceptors (Lipinski definition) is 4. The minimum absolute atomic E-state index is 0.0866. The maximum atomic E-state index is 12.5. The van der Waals surface area contributed by atoms with Crippen LogP contribution in [0, 0.1) is 0 Å². The van der Waals surface area contributed by atoms with Gasteiger partial charge in [-0.2, -0.15) is 5.10 Å². The van der Waals surface area contributed by atoms with Crippen molar-refractivity contribution in [2.24, 2.45) is 0 Å². The van der Waals surface area contributed by atoms with Crippen molar-refractivity contribution >= 4 is 5.97 Å². The third kappa shape index (κ3) is 2.56. The number of carboxylic acid groups (broad SMARTS) is 1. The normalized spacial score (nSPS) is 10.9. The molecule has 0 radical (unpaired) electrons. The molecule has 0 atom stereocenters. The van der Waals surface area contributed by atoms with E-state index in [0.29, 0.717) is 12.1 Å². The van der Waals surface area contributed by atoms with E-state index >= 15 is 0 Å². The van der Waals surface area contributed by atoms with Crippen molar-refractivity contribution in [1.82, 2.24) is 19.7 Å². The molecule has 6 nitrogen and oxygen atoms in total. The Balaban J connectivity index is 2.47. The van der Waals surface area contributed by atoms with E-state index in [0.717, 1.165) is 6.07 Å². The van der Waals surface area contributed by atoms with Gasteiger partial charge in [0.25, 0.3) is 6.43 Å². The highest BCUT2D eigenvalue weighted by Gasteiger charge is 2.17. The topological polar surface area (TPSA) is 80.9 Å². The van der Waals surface area contributed by atoms with E-state index in [1.807, 2.05) is 0 Å². The van der Waals surface area contributed by atoms with E-state index in [-0.39, 0.29) is 11.6 Å². The summed E-state index contributed by atoms with van der Waals surface area (Å²) in [5, 5.41) is 12.9. The highest BCUT2D eigenvalue weighted by atomic mass is 19.3. The summed E-state index contributed by atoms with van der Waals surface area (Å²) in [6, 6.07) is 2.60. The lowest BCUT2D eigenvalue weighted by molar-refractivity contribution is 0.0676. The Morgan fingerprint density at radius 1 is 1.53 bits per heavy atom. The molecule has 19 heavy (non-hydrogen) atoms. The Morgan fingerprint density at radius 3 is 2.79 bits per heavy atom. The number of hydrogen-bond donors (Lipinski definition) is 1. The summed E-state index contributed by atoms with van der Waals surface area (Å²) in [6.07, 6.45) is -1.49. The maximum absolute atomic E-state index is 12.5. The van der Waals surface area contributed by atoms with Crippen molar-refractivity contribution in [3.63, 3.8) is 0 Å². The Hall–Kier alpha value is -2.38. The molecule has 0 unspecified atom stereocenters. The molecule has 2 aromatic heterocycles. The minimum Gasteiger partial charge on any atom is -0.475 e. The molecule has 0 bridgehead atoms. The highest BCUT2D eigenvalue weighted by molar-refractivity contribution is 5.84. The van der Waals surface area contributed by atoms with Crippen molar-refractivity contribution in [3.8, 4) is 11.4 Å². The van der Waals surface area contributed by atoms with E-state index < -0.39 is 18.1 Å². The third-order valence-electron chi connectivity index (χ3n) is 2.43. The molecule has 0 aromatic carbocycles. The number of nitrogens with zero attached hydrogens (tertiary/aromatic N) is 4. The van der Waals surface area contributed by atoms with Crippen LogP contribution in [0.4, 0.5) is 8.78 Å². The summed E-state index contributed by atoms with van der Waals surface area (Å²) in [6.45, 7) is 2.03. The molecule has 100 valence electrons. The largest absolute Gasteiger partial charge is 0.475 e. The summed E-state index contributed by atoms with van der Waals surface area (Å²) < 4.78 is 26.3. The van der Waals surface area contributed by atoms with Gasteiger partial charge in [-0.05, 0) is 19.1 Å². The number of carbonyl (C=O) groups is 1. The predicted octanol–water partition coefficient (Wildman–Crippen LogP) is 2.00. The van der Waals surface area contributed by atoms with Crippen LogP contribution in [0.3, 0.4) is 0 Å². The smallest absolute Gasteiger partial charge is 0.373 e. The van der Waals surface area contributed by atoms with E-state index in [1.54, 1.807) is 6.92 Å². The van der Waals surface area contributed by atoms with Gasteiger partial charge in [0.1, 0.15) is 5.69 Å². The minimum atomic E-state index is -2.70. The molecule has 2 rings (SSSR count). The molecule has 0 amide bonds. The maximum Gasteiger partial charge on any atom is 0.373 e. The van der Waals surface area contributed by atoms with Crippen LogP contribution in [0.2, 0.25) is 0 Å². The Morgan fingerprint density at radius 2 is 2.26 bits per heavy atom. The van der Waals surface area contributed by atoms with Gasteiger partial charge in [0.15, 0.2) is 5.82 Å². The fourth-order valence-corrected chi connectivity index (χ4v) is 1.55. The number of aryl methyl sites for hydroxylation is 1. The first-order valence-corrected chi connectivity index (χ1v) is 5.45. The monoisotopic (exact) mass is 268 g/mol. The molecule has 0 saturated heterocycles. The lowest BCUT2D eigenvalue weighted by Gasteiger charge is -2.00. The summed E-state index contributed by atoms with van der Waals surface area (Å²) in [4.78, 5) is 18.3. The van der Waals surface area contributed by atoms with Crippen LogP contribution < -0.4 is 0 Å². The van der Waals surface area contributed by atoms with Crippen LogP contribution in [0.25, 0.3) is 11.4 Å². The van der Waals surface area contributed by atoms with Gasteiger partial charge in [-0.1, -0.05) is 0 Å². The zero-order valence-corrected chi connectivity index (χ0v) is 9.92. The van der Waals surface area contributed by atoms with Crippen molar-refractivity contribution < 1.29 is 18.7 Å². The first kappa shape index (κ1) is 13.1. The van der Waals surface area contributed by atoms with Crippen LogP contribution in [-0.2, 0) is 6.54 Å². The number of carboxylic acids is 1. The Kier molecular flexibility index (Phi) is 3.50. The molecule has 1 N–H and O–H groups in total. The summed E-state index contributed by atoms with van der Waals surface area (Å²) in [5.41, 5.74) is -0.0952. The van der Waals surface area contributed by atoms with Crippen molar-refractivity contribution in [1.29, 1.82) is 0 Å². The van der Waals surface area contributed by atoms with Gasteiger partial charge in [0.2, 0.25) is 5.82 Å². The first-order chi connectivity index (χ1) is 9.02. The van der Waals surface area contributed by atoms with E-state index in [4.69, 9.17) is 5.11 Å². The van der Waals surface area contributed by atoms with Gasteiger partial charge in [-0.3, -0.25) is 4.98 Å². The summed E-state index contributed by atoms with van der Waals surface area (Å²) in [5.74, 6) is -1.36. The zero-order chi connectivity index (χ0) is 14.0. The number of pyridine rings is 1. The van der Waals surface area contributed by atoms with Gasteiger partial charge in [0, 0.05) is 18.3 Å². The van der Waals surface area contributed by atoms with Crippen LogP contribution >= 0.6 is 0 Å². The SMILES string of the molecule is CCn1nc(-c2ccnc(C(F)F)c2)nc1C(=O)O. The second-order valence-corrected chi connectivity index (χ2v) is 3.65. The second kappa shape index (κ2) is 5.09. The summed E-state index contributed by atoms with van der Waals surface area (Å²) >= 11 is 0. The number of rotatable bonds is 4. The van der Waals surface area contributed by atoms with Crippen LogP contribution in [0.5, 0.6) is 0 Å². The van der Waals surface area contributed by atoms with E-state index in [9.17, 15) is 13.6 Å². The van der Waals surface area contributed by atoms with Crippen LogP contribution in [0.1, 0.15) is 29.7 Å². The zero-order valence-electron chi connectivity index (χ0n) is 9.92. The number of aromatic nitrogens is 4. The fraction of sp³-hybridized carbons (Fsp3) is 0.273. The van der Waals surface area contributed by atoms with Gasteiger partial charge in [-0.15, -0.1) is 0 Å². The third-order valence-corrected chi connectivity index (χ3v) is 2.43. The number of alkyl halides is 2. The van der Waals surface area contributed by atoms with Gasteiger partial charge < -0.3 is 5.11 Å². The lowest BCUT2D eigenvalue weighted by atomic mass is 10.2. The molecule has 0 spiro atoms. The molecular formula is C11H10F2N4O2. The first-order valence-electron chi connectivity index (χ1n) is 5.45. The highest BCUT2D eigenvalue weighted by Crippen LogP contribution is 2.22. The van der Waals surface area contributed by atoms with E-state index in [1.165, 1.54) is 16.9 Å². The molecule has 0 saturated carbocycles. The standard InChI is InChI=1S/C11H10F2N4O2/c1-2-17-10(11(18)19)15-9(16-17)6-3-4-14-7(5-6)8(12)13/h3-5,8H,2H2,1H3,(H,18,19). The lowest BCUT2D eigenvalue weighted by Crippen LogP contribution is -2.09. The van der Waals surface area contributed by atoms with Crippen molar-refractivity contribution in [3.05, 3.63) is 29.8 Å². The average Bonchev–Trinajstić information content (AvgIpc) is 2.83. The molecule has 0 aliphatic carbocycles. The fourth-order valence-electron chi connectivity index (χ4n) is 1.55. The quantitative estimate of drug-likeness (QED) is 0.917. The van der Waals surface area contributed by atoms with E-state index in [2.05, 4.69) is 15.1 Å². The van der Waals surface area contributed by atoms with Crippen molar-refractivity contribution in [2.75, 3.05) is 0 Å². The van der Waals surface area contributed by atoms with Gasteiger partial charge in [0.05, 0.1) is 0 Å². The second-order valence-electron chi connectivity index (χ2n) is 3.65. The van der Waals surface area contributed by atoms with Crippen LogP contribution in [0.15, 0.2) is 18.3 Å². The number of aromatic carboxylic acids is 1. The molecule has 0 aliphatic heterocycles. The summed E-state index contributed by atoms with van der Waals surface area (Å²) in [7, 11) is 0. The van der Waals surface area contributed by atoms with Crippen LogP contribution in [-0.4, -0.2) is 30.8 Å². The molecule has 0 aliphatic rings. The Labute approximate surface area is 106 Å². The van der Waals surface area contributed by atoms with Gasteiger partial charge >= 0.3 is 5.97 Å². The molecule has 0 fully saturated rings. The number of halogens is 2. The van der Waals surface area contributed by atoms with Gasteiger partial charge in [-0.25, -0.2) is 23.2 Å². The van der Waals surface area contributed by atoms with Crippen molar-refractivity contribution in [2.45, 2.75) is 19.9 Å². The Bertz CT molecular complexity index is 612. The predicted molar refractivity (Wildman–Crippen MR) is 60.8 cm³/mol. The molecule has 2 heterocycles. The molecular weight excluding hydrogens is 258 g/mol. The average molecular weight is 268 g/mol. The molecule has 8 heteroatoms.